The van der Waals surface area contributed by atoms with E-state index in [2.05, 4.69) is 48.4 Å². The molecule has 0 unspecified atom stereocenters. The van der Waals surface area contributed by atoms with E-state index in [1.54, 1.807) is 0 Å². The number of rotatable bonds is 6. The zero-order valence-corrected chi connectivity index (χ0v) is 17.8. The molecule has 1 saturated heterocycles. The summed E-state index contributed by atoms with van der Waals surface area (Å²) in [6.45, 7) is 8.17. The molecule has 1 aromatic carbocycles. The molecular weight excluding hydrogens is 364 g/mol. The Morgan fingerprint density at radius 2 is 1.97 bits per heavy atom. The highest BCUT2D eigenvalue weighted by Gasteiger charge is 2.27. The molecule has 158 valence electrons. The average Bonchev–Trinajstić information content (AvgIpc) is 3.21. The second-order valence-electron chi connectivity index (χ2n) is 9.10. The molecule has 3 N–H and O–H groups in total. The number of hydrogen-bond donors (Lipinski definition) is 3. The van der Waals surface area contributed by atoms with Gasteiger partial charge in [-0.05, 0) is 43.2 Å². The van der Waals surface area contributed by atoms with Gasteiger partial charge in [-0.1, -0.05) is 51.1 Å². The smallest absolute Gasteiger partial charge is 0.317 e. The monoisotopic (exact) mass is 398 g/mol. The molecule has 6 heteroatoms. The van der Waals surface area contributed by atoms with E-state index < -0.39 is 0 Å². The first kappa shape index (κ1) is 21.4. The van der Waals surface area contributed by atoms with Crippen LogP contribution >= 0.6 is 0 Å². The molecular formula is C23H34N4O2. The molecule has 0 aliphatic carbocycles. The van der Waals surface area contributed by atoms with Gasteiger partial charge in [-0.3, -0.25) is 5.10 Å². The van der Waals surface area contributed by atoms with Gasteiger partial charge in [0, 0.05) is 18.5 Å². The topological polar surface area (TPSA) is 81.3 Å². The molecule has 6 nitrogen and oxygen atoms in total. The minimum absolute atomic E-state index is 0.0119. The highest BCUT2D eigenvalue weighted by atomic mass is 16.3. The number of amides is 2. The Morgan fingerprint density at radius 3 is 2.59 bits per heavy atom. The van der Waals surface area contributed by atoms with Gasteiger partial charge in [-0.15, -0.1) is 0 Å². The minimum atomic E-state index is -0.304. The molecule has 1 aliphatic rings. The van der Waals surface area contributed by atoms with Crippen LogP contribution in [0, 0.1) is 5.92 Å². The van der Waals surface area contributed by atoms with Crippen LogP contribution in [0.1, 0.15) is 57.0 Å². The fourth-order valence-corrected chi connectivity index (χ4v) is 3.80. The number of nitrogens with zero attached hydrogens (tertiary/aromatic N) is 2. The van der Waals surface area contributed by atoms with Gasteiger partial charge in [-0.2, -0.15) is 5.10 Å². The Hall–Kier alpha value is -2.34. The molecule has 3 rings (SSSR count). The summed E-state index contributed by atoms with van der Waals surface area (Å²) in [6, 6.07) is 12.2. The van der Waals surface area contributed by atoms with Crippen molar-refractivity contribution >= 4 is 6.03 Å². The second-order valence-corrected chi connectivity index (χ2v) is 9.10. The third-order valence-corrected chi connectivity index (χ3v) is 5.77. The van der Waals surface area contributed by atoms with Crippen LogP contribution in [0.4, 0.5) is 4.79 Å². The summed E-state index contributed by atoms with van der Waals surface area (Å²) in [5.41, 5.74) is 3.15. The van der Waals surface area contributed by atoms with Gasteiger partial charge in [0.05, 0.1) is 24.0 Å². The van der Waals surface area contributed by atoms with E-state index in [1.165, 1.54) is 5.56 Å². The van der Waals surface area contributed by atoms with E-state index in [0.29, 0.717) is 19.6 Å². The van der Waals surface area contributed by atoms with E-state index in [9.17, 15) is 9.90 Å². The average molecular weight is 399 g/mol. The Bertz CT molecular complexity index is 774. The van der Waals surface area contributed by atoms with Gasteiger partial charge in [-0.25, -0.2) is 4.79 Å². The standard InChI is InChI=1S/C23H34N4O2/c1-23(2,3)21-15-19(25-26-21)16-24-22(29)27-13-11-18(12-14-27)20(28)10-9-17-7-5-4-6-8-17/h4-8,15,18,20,28H,9-14,16H2,1-3H3,(H,24,29)(H,25,26)/t20-/m0/s1. The van der Waals surface area contributed by atoms with E-state index in [4.69, 9.17) is 0 Å². The van der Waals surface area contributed by atoms with Crippen molar-refractivity contribution in [2.45, 2.75) is 64.5 Å². The lowest BCUT2D eigenvalue weighted by Crippen LogP contribution is -2.45. The number of aryl methyl sites for hydroxylation is 1. The van der Waals surface area contributed by atoms with E-state index in [1.807, 2.05) is 29.2 Å². The molecule has 2 heterocycles. The summed E-state index contributed by atoms with van der Waals surface area (Å²) in [4.78, 5) is 14.3. The van der Waals surface area contributed by atoms with Gasteiger partial charge in [0.2, 0.25) is 0 Å². The molecule has 1 atom stereocenters. The van der Waals surface area contributed by atoms with Crippen molar-refractivity contribution in [2.24, 2.45) is 5.92 Å². The van der Waals surface area contributed by atoms with Gasteiger partial charge < -0.3 is 15.3 Å². The van der Waals surface area contributed by atoms with Crippen molar-refractivity contribution in [1.29, 1.82) is 0 Å². The predicted molar refractivity (Wildman–Crippen MR) is 115 cm³/mol. The first-order chi connectivity index (χ1) is 13.8. The lowest BCUT2D eigenvalue weighted by atomic mass is 9.88. The van der Waals surface area contributed by atoms with Crippen LogP contribution in [0.3, 0.4) is 0 Å². The van der Waals surface area contributed by atoms with Crippen LogP contribution in [-0.4, -0.2) is 45.4 Å². The highest BCUT2D eigenvalue weighted by Crippen LogP contribution is 2.24. The van der Waals surface area contributed by atoms with Gasteiger partial charge in [0.1, 0.15) is 0 Å². The first-order valence-corrected chi connectivity index (χ1v) is 10.6. The molecule has 1 aliphatic heterocycles. The number of nitrogens with one attached hydrogen (secondary N) is 2. The number of aromatic amines is 1. The number of piperidine rings is 1. The van der Waals surface area contributed by atoms with Crippen LogP contribution in [0.5, 0.6) is 0 Å². The molecule has 0 bridgehead atoms. The second kappa shape index (κ2) is 9.44. The van der Waals surface area contributed by atoms with Crippen LogP contribution in [-0.2, 0) is 18.4 Å². The molecule has 1 fully saturated rings. The van der Waals surface area contributed by atoms with Crippen molar-refractivity contribution < 1.29 is 9.90 Å². The van der Waals surface area contributed by atoms with E-state index in [0.717, 1.165) is 37.1 Å². The van der Waals surface area contributed by atoms with Crippen LogP contribution in [0.2, 0.25) is 0 Å². The number of aliphatic hydroxyl groups excluding tert-OH is 1. The molecule has 0 spiro atoms. The maximum absolute atomic E-state index is 12.5. The lowest BCUT2D eigenvalue weighted by Gasteiger charge is -2.34. The number of carbonyl (C=O) groups excluding carboxylic acids is 1. The SMILES string of the molecule is CC(C)(C)c1cc(CNC(=O)N2CCC([C@@H](O)CCc3ccccc3)CC2)[nH]n1. The summed E-state index contributed by atoms with van der Waals surface area (Å²) in [5.74, 6) is 0.268. The first-order valence-electron chi connectivity index (χ1n) is 10.6. The van der Waals surface area contributed by atoms with Crippen molar-refractivity contribution in [3.8, 4) is 0 Å². The number of aromatic nitrogens is 2. The van der Waals surface area contributed by atoms with Crippen molar-refractivity contribution in [3.05, 3.63) is 53.3 Å². The fourth-order valence-electron chi connectivity index (χ4n) is 3.80. The molecule has 1 aromatic heterocycles. The lowest BCUT2D eigenvalue weighted by molar-refractivity contribution is 0.0610. The number of H-pyrrole nitrogens is 1. The van der Waals surface area contributed by atoms with Gasteiger partial charge >= 0.3 is 6.03 Å². The zero-order valence-electron chi connectivity index (χ0n) is 17.8. The maximum atomic E-state index is 12.5. The third-order valence-electron chi connectivity index (χ3n) is 5.77. The van der Waals surface area contributed by atoms with E-state index >= 15 is 0 Å². The normalized spacial score (nSPS) is 16.6. The van der Waals surface area contributed by atoms with E-state index in [-0.39, 0.29) is 23.5 Å². The van der Waals surface area contributed by atoms with Gasteiger partial charge in [0.15, 0.2) is 0 Å². The molecule has 29 heavy (non-hydrogen) atoms. The summed E-state index contributed by atoms with van der Waals surface area (Å²) >= 11 is 0. The van der Waals surface area contributed by atoms with Crippen molar-refractivity contribution in [2.75, 3.05) is 13.1 Å². The number of benzene rings is 1. The molecule has 0 radical (unpaired) electrons. The van der Waals surface area contributed by atoms with Crippen molar-refractivity contribution in [3.63, 3.8) is 0 Å². The molecule has 2 aromatic rings. The van der Waals surface area contributed by atoms with Crippen molar-refractivity contribution in [1.82, 2.24) is 20.4 Å². The maximum Gasteiger partial charge on any atom is 0.317 e. The number of carbonyl (C=O) groups is 1. The largest absolute Gasteiger partial charge is 0.393 e. The van der Waals surface area contributed by atoms with Crippen LogP contribution < -0.4 is 5.32 Å². The quantitative estimate of drug-likeness (QED) is 0.695. The Kier molecular flexibility index (Phi) is 6.96. The fraction of sp³-hybridized carbons (Fsp3) is 0.565. The Morgan fingerprint density at radius 1 is 1.28 bits per heavy atom. The Labute approximate surface area is 173 Å². The summed E-state index contributed by atoms with van der Waals surface area (Å²) in [6.07, 6.45) is 3.06. The third kappa shape index (κ3) is 6.07. The van der Waals surface area contributed by atoms with Crippen LogP contribution in [0.25, 0.3) is 0 Å². The van der Waals surface area contributed by atoms with Crippen LogP contribution in [0.15, 0.2) is 36.4 Å². The summed E-state index contributed by atoms with van der Waals surface area (Å²) in [5, 5.41) is 20.9. The number of likely N-dealkylation sites (tertiary alicyclic amines) is 1. The highest BCUT2D eigenvalue weighted by molar-refractivity contribution is 5.74. The minimum Gasteiger partial charge on any atom is -0.393 e. The van der Waals surface area contributed by atoms with Gasteiger partial charge in [0.25, 0.3) is 0 Å². The number of urea groups is 1. The Balaban J connectivity index is 1.39. The predicted octanol–water partition coefficient (Wildman–Crippen LogP) is 3.62. The zero-order chi connectivity index (χ0) is 20.9. The molecule has 2 amide bonds. The summed E-state index contributed by atoms with van der Waals surface area (Å²) in [7, 11) is 0. The molecule has 0 saturated carbocycles. The number of hydrogen-bond acceptors (Lipinski definition) is 3. The number of aliphatic hydroxyl groups is 1. The summed E-state index contributed by atoms with van der Waals surface area (Å²) < 4.78 is 0.